The number of nitrogens with two attached hydrogens (primary N) is 1. The Morgan fingerprint density at radius 3 is 2.93 bits per heavy atom. The van der Waals surface area contributed by atoms with Crippen molar-refractivity contribution in [3.8, 4) is 5.75 Å². The van der Waals surface area contributed by atoms with Crippen LogP contribution in [0.4, 0.5) is 9.52 Å². The molecule has 1 aliphatic rings. The number of halogens is 1. The highest BCUT2D eigenvalue weighted by Crippen LogP contribution is 2.36. The molecule has 1 unspecified atom stereocenters. The maximum absolute atomic E-state index is 14.4. The second-order valence-corrected chi connectivity index (χ2v) is 8.79. The Morgan fingerprint density at radius 1 is 1.32 bits per heavy atom. The van der Waals surface area contributed by atoms with E-state index in [0.29, 0.717) is 15.8 Å². The number of benzene rings is 2. The van der Waals surface area contributed by atoms with Crippen molar-refractivity contribution in [3.63, 3.8) is 0 Å². The van der Waals surface area contributed by atoms with Crippen LogP contribution in [0.3, 0.4) is 0 Å². The van der Waals surface area contributed by atoms with E-state index >= 15 is 0 Å². The molecular formula is C19H17FN4O2S2. The maximum atomic E-state index is 14.4. The molecule has 0 saturated carbocycles. The first-order valence-corrected chi connectivity index (χ1v) is 10.3. The lowest BCUT2D eigenvalue weighted by Crippen LogP contribution is -2.29. The average Bonchev–Trinajstić information content (AvgIpc) is 3.02. The zero-order chi connectivity index (χ0) is 19.9. The number of rotatable bonds is 3. The van der Waals surface area contributed by atoms with Crippen molar-refractivity contribution in [2.24, 2.45) is 10.7 Å². The number of thiazole rings is 1. The minimum Gasteiger partial charge on any atom is -0.508 e. The van der Waals surface area contributed by atoms with Crippen molar-refractivity contribution in [3.05, 3.63) is 53.3 Å². The number of hydrogen-bond acceptors (Lipinski definition) is 7. The molecule has 9 heteroatoms. The molecule has 6 nitrogen and oxygen atoms in total. The van der Waals surface area contributed by atoms with Crippen LogP contribution in [-0.4, -0.2) is 26.9 Å². The third-order valence-corrected chi connectivity index (χ3v) is 6.35. The molecule has 0 bridgehead atoms. The molecule has 0 fully saturated rings. The summed E-state index contributed by atoms with van der Waals surface area (Å²) in [5.74, 6) is -0.283. The number of phenols is 1. The summed E-state index contributed by atoms with van der Waals surface area (Å²) in [5, 5.41) is 13.0. The standard InChI is InChI=1S/C19H17FN4O2S2/c1-19(6-7-27-17(21)24-19)10-2-4-13(20)12(8-10)16(26)23-18-22-14-5-3-11(25)9-15(14)28-18/h2-5,8-9,25H,6-7H2,1H3,(H2,21,24)(H,22,23,26). The zero-order valence-corrected chi connectivity index (χ0v) is 16.5. The second kappa shape index (κ2) is 7.06. The summed E-state index contributed by atoms with van der Waals surface area (Å²) < 4.78 is 15.1. The van der Waals surface area contributed by atoms with Crippen LogP contribution in [0.25, 0.3) is 10.2 Å². The predicted molar refractivity (Wildman–Crippen MR) is 112 cm³/mol. The van der Waals surface area contributed by atoms with Gasteiger partial charge in [-0.1, -0.05) is 29.2 Å². The number of aromatic hydroxyl groups is 1. The van der Waals surface area contributed by atoms with Crippen LogP contribution in [-0.2, 0) is 5.54 Å². The van der Waals surface area contributed by atoms with E-state index in [-0.39, 0.29) is 11.3 Å². The number of carbonyl (C=O) groups is 1. The van der Waals surface area contributed by atoms with Gasteiger partial charge in [0, 0.05) is 5.75 Å². The quantitative estimate of drug-likeness (QED) is 0.598. The van der Waals surface area contributed by atoms with Crippen molar-refractivity contribution in [2.45, 2.75) is 18.9 Å². The van der Waals surface area contributed by atoms with Crippen LogP contribution in [0, 0.1) is 5.82 Å². The van der Waals surface area contributed by atoms with Crippen molar-refractivity contribution in [1.29, 1.82) is 0 Å². The molecule has 1 aromatic heterocycles. The number of thioether (sulfide) groups is 1. The summed E-state index contributed by atoms with van der Waals surface area (Å²) in [4.78, 5) is 21.5. The van der Waals surface area contributed by atoms with Crippen LogP contribution < -0.4 is 11.1 Å². The van der Waals surface area contributed by atoms with Crippen molar-refractivity contribution < 1.29 is 14.3 Å². The highest BCUT2D eigenvalue weighted by molar-refractivity contribution is 8.13. The molecule has 144 valence electrons. The van der Waals surface area contributed by atoms with Gasteiger partial charge in [-0.25, -0.2) is 9.37 Å². The Kier molecular flexibility index (Phi) is 4.72. The van der Waals surface area contributed by atoms with Gasteiger partial charge in [0.1, 0.15) is 11.6 Å². The van der Waals surface area contributed by atoms with Gasteiger partial charge in [-0.2, -0.15) is 0 Å². The van der Waals surface area contributed by atoms with Crippen LogP contribution >= 0.6 is 23.1 Å². The van der Waals surface area contributed by atoms with Gasteiger partial charge >= 0.3 is 0 Å². The van der Waals surface area contributed by atoms with E-state index in [1.165, 1.54) is 41.3 Å². The van der Waals surface area contributed by atoms with Gasteiger partial charge in [-0.05, 0) is 49.2 Å². The van der Waals surface area contributed by atoms with Crippen molar-refractivity contribution in [1.82, 2.24) is 4.98 Å². The monoisotopic (exact) mass is 416 g/mol. The molecule has 2 heterocycles. The first-order chi connectivity index (χ1) is 13.3. The fourth-order valence-corrected chi connectivity index (χ4v) is 4.93. The number of phenolic OH excluding ortho intramolecular Hbond substituents is 1. The van der Waals surface area contributed by atoms with Crippen molar-refractivity contribution in [2.75, 3.05) is 11.1 Å². The number of fused-ring (bicyclic) bond motifs is 1. The van der Waals surface area contributed by atoms with E-state index in [4.69, 9.17) is 5.73 Å². The van der Waals surface area contributed by atoms with E-state index in [1.54, 1.807) is 18.2 Å². The first kappa shape index (κ1) is 18.7. The molecule has 0 saturated heterocycles. The summed E-state index contributed by atoms with van der Waals surface area (Å²) in [6, 6.07) is 9.18. The van der Waals surface area contributed by atoms with Gasteiger partial charge in [0.15, 0.2) is 10.3 Å². The highest BCUT2D eigenvalue weighted by atomic mass is 32.2. The Balaban J connectivity index is 1.64. The largest absolute Gasteiger partial charge is 0.508 e. The molecule has 28 heavy (non-hydrogen) atoms. The number of amidine groups is 1. The molecule has 1 aliphatic heterocycles. The van der Waals surface area contributed by atoms with Gasteiger partial charge in [-0.3, -0.25) is 15.1 Å². The van der Waals surface area contributed by atoms with Crippen molar-refractivity contribution >= 4 is 49.5 Å². The Bertz CT molecular complexity index is 1110. The van der Waals surface area contributed by atoms with Gasteiger partial charge in [0.2, 0.25) is 0 Å². The third-order valence-electron chi connectivity index (χ3n) is 4.62. The van der Waals surface area contributed by atoms with E-state index in [1.807, 2.05) is 6.92 Å². The summed E-state index contributed by atoms with van der Waals surface area (Å²) in [6.07, 6.45) is 0.742. The lowest BCUT2D eigenvalue weighted by Gasteiger charge is -2.30. The Morgan fingerprint density at radius 2 is 2.14 bits per heavy atom. The summed E-state index contributed by atoms with van der Waals surface area (Å²) in [6.45, 7) is 1.93. The zero-order valence-electron chi connectivity index (χ0n) is 14.9. The number of nitrogens with one attached hydrogen (secondary N) is 1. The molecule has 1 amide bonds. The smallest absolute Gasteiger partial charge is 0.260 e. The Hall–Kier alpha value is -2.65. The summed E-state index contributed by atoms with van der Waals surface area (Å²) >= 11 is 2.69. The minimum absolute atomic E-state index is 0.0761. The highest BCUT2D eigenvalue weighted by Gasteiger charge is 2.30. The van der Waals surface area contributed by atoms with E-state index in [9.17, 15) is 14.3 Å². The number of carbonyl (C=O) groups excluding carboxylic acids is 1. The van der Waals surface area contributed by atoms with Crippen LogP contribution in [0.5, 0.6) is 5.75 Å². The number of aromatic nitrogens is 1. The number of nitrogens with zero attached hydrogens (tertiary/aromatic N) is 2. The predicted octanol–water partition coefficient (Wildman–Crippen LogP) is 4.06. The number of amides is 1. The van der Waals surface area contributed by atoms with Crippen LogP contribution in [0.1, 0.15) is 29.3 Å². The number of anilines is 1. The molecule has 4 N–H and O–H groups in total. The molecule has 2 aromatic carbocycles. The normalized spacial score (nSPS) is 19.4. The van der Waals surface area contributed by atoms with Crippen LogP contribution in [0.15, 0.2) is 41.4 Å². The van der Waals surface area contributed by atoms with E-state index in [2.05, 4.69) is 15.3 Å². The van der Waals surface area contributed by atoms with Gasteiger partial charge in [-0.15, -0.1) is 0 Å². The van der Waals surface area contributed by atoms with Gasteiger partial charge < -0.3 is 10.8 Å². The van der Waals surface area contributed by atoms with Crippen LogP contribution in [0.2, 0.25) is 0 Å². The molecule has 0 radical (unpaired) electrons. The lowest BCUT2D eigenvalue weighted by molar-refractivity contribution is 0.102. The first-order valence-electron chi connectivity index (χ1n) is 8.53. The third kappa shape index (κ3) is 3.55. The van der Waals surface area contributed by atoms with E-state index in [0.717, 1.165) is 22.4 Å². The molecule has 1 atom stereocenters. The fraction of sp³-hybridized carbons (Fsp3) is 0.211. The van der Waals surface area contributed by atoms with E-state index < -0.39 is 17.3 Å². The molecule has 0 aliphatic carbocycles. The summed E-state index contributed by atoms with van der Waals surface area (Å²) in [5.41, 5.74) is 6.57. The lowest BCUT2D eigenvalue weighted by atomic mass is 9.88. The minimum atomic E-state index is -0.620. The average molecular weight is 417 g/mol. The maximum Gasteiger partial charge on any atom is 0.260 e. The SMILES string of the molecule is CC1(c2ccc(F)c(C(=O)Nc3nc4ccc(O)cc4s3)c2)CCSC(N)=N1. The number of hydrogen-bond donors (Lipinski definition) is 3. The topological polar surface area (TPSA) is 101 Å². The summed E-state index contributed by atoms with van der Waals surface area (Å²) in [7, 11) is 0. The second-order valence-electron chi connectivity index (χ2n) is 6.64. The molecule has 3 aromatic rings. The molecular weight excluding hydrogens is 399 g/mol. The van der Waals surface area contributed by atoms with Gasteiger partial charge in [0.25, 0.3) is 5.91 Å². The number of aliphatic imine (C=N–C) groups is 1. The molecule has 0 spiro atoms. The Labute approximate surface area is 168 Å². The molecule has 4 rings (SSSR count). The van der Waals surface area contributed by atoms with Gasteiger partial charge in [0.05, 0.1) is 21.3 Å². The fourth-order valence-electron chi connectivity index (χ4n) is 3.06.